The van der Waals surface area contributed by atoms with E-state index in [-0.39, 0.29) is 5.56 Å². The van der Waals surface area contributed by atoms with Crippen molar-refractivity contribution in [2.75, 3.05) is 7.05 Å². The highest BCUT2D eigenvalue weighted by Crippen LogP contribution is 2.19. The second-order valence-electron chi connectivity index (χ2n) is 4.33. The molecule has 1 N–H and O–H groups in total. The van der Waals surface area contributed by atoms with E-state index in [0.717, 1.165) is 10.0 Å². The number of benzene rings is 1. The fourth-order valence-corrected chi connectivity index (χ4v) is 2.28. The lowest BCUT2D eigenvalue weighted by Crippen LogP contribution is -2.18. The van der Waals surface area contributed by atoms with Gasteiger partial charge in [-0.25, -0.2) is 4.79 Å². The van der Waals surface area contributed by atoms with Gasteiger partial charge in [0.15, 0.2) is 0 Å². The number of halogens is 1. The van der Waals surface area contributed by atoms with E-state index in [1.54, 1.807) is 0 Å². The molecule has 5 heteroatoms. The van der Waals surface area contributed by atoms with Crippen molar-refractivity contribution in [3.63, 3.8) is 0 Å². The summed E-state index contributed by atoms with van der Waals surface area (Å²) in [7, 11) is 1.92. The van der Waals surface area contributed by atoms with Gasteiger partial charge in [0.2, 0.25) is 0 Å². The maximum atomic E-state index is 11.0. The molecule has 100 valence electrons. The largest absolute Gasteiger partial charge is 0.478 e. The number of carbonyl (C=O) groups is 1. The number of rotatable bonds is 5. The summed E-state index contributed by atoms with van der Waals surface area (Å²) in [6.07, 6.45) is 1.41. The van der Waals surface area contributed by atoms with Crippen LogP contribution < -0.4 is 0 Å². The number of aromatic carboxylic acids is 1. The molecule has 1 aromatic carbocycles. The Bertz CT molecular complexity index is 580. The normalized spacial score (nSPS) is 10.9. The van der Waals surface area contributed by atoms with E-state index >= 15 is 0 Å². The van der Waals surface area contributed by atoms with Crippen LogP contribution in [0.5, 0.6) is 0 Å². The van der Waals surface area contributed by atoms with Crippen LogP contribution in [-0.2, 0) is 13.1 Å². The quantitative estimate of drug-likeness (QED) is 0.916. The topological polar surface area (TPSA) is 53.7 Å². The lowest BCUT2D eigenvalue weighted by atomic mass is 10.2. The standard InChI is InChI=1S/C14H14BrNO3/c1-16(8-10-4-2-3-5-12(10)15)9-13-11(14(17)18)6-7-19-13/h2-7H,8-9H2,1H3,(H,17,18). The minimum atomic E-state index is -0.960. The average Bonchev–Trinajstić information content (AvgIpc) is 2.80. The number of nitrogens with zero attached hydrogens (tertiary/aromatic N) is 1. The summed E-state index contributed by atoms with van der Waals surface area (Å²) in [4.78, 5) is 13.0. The summed E-state index contributed by atoms with van der Waals surface area (Å²) in [5.41, 5.74) is 1.37. The molecule has 2 aromatic rings. The van der Waals surface area contributed by atoms with Crippen LogP contribution in [0.3, 0.4) is 0 Å². The van der Waals surface area contributed by atoms with Gasteiger partial charge in [0.25, 0.3) is 0 Å². The smallest absolute Gasteiger partial charge is 0.339 e. The van der Waals surface area contributed by atoms with Gasteiger partial charge in [-0.05, 0) is 24.7 Å². The monoisotopic (exact) mass is 323 g/mol. The van der Waals surface area contributed by atoms with Crippen molar-refractivity contribution in [2.45, 2.75) is 13.1 Å². The van der Waals surface area contributed by atoms with E-state index in [1.807, 2.05) is 36.2 Å². The van der Waals surface area contributed by atoms with Crippen LogP contribution in [0.1, 0.15) is 21.7 Å². The lowest BCUT2D eigenvalue weighted by molar-refractivity contribution is 0.0693. The Hall–Kier alpha value is -1.59. The van der Waals surface area contributed by atoms with Gasteiger partial charge < -0.3 is 9.52 Å². The Balaban J connectivity index is 2.06. The first-order valence-corrected chi connectivity index (χ1v) is 6.59. The van der Waals surface area contributed by atoms with Gasteiger partial charge >= 0.3 is 5.97 Å². The number of carboxylic acids is 1. The van der Waals surface area contributed by atoms with Crippen molar-refractivity contribution >= 4 is 21.9 Å². The third-order valence-electron chi connectivity index (χ3n) is 2.79. The molecule has 1 aromatic heterocycles. The predicted molar refractivity (Wildman–Crippen MR) is 75.0 cm³/mol. The first-order chi connectivity index (χ1) is 9.08. The molecule has 0 saturated carbocycles. The molecule has 0 aliphatic carbocycles. The van der Waals surface area contributed by atoms with Crippen molar-refractivity contribution < 1.29 is 14.3 Å². The average molecular weight is 324 g/mol. The van der Waals surface area contributed by atoms with Gasteiger partial charge in [0.1, 0.15) is 11.3 Å². The maximum absolute atomic E-state index is 11.0. The molecule has 4 nitrogen and oxygen atoms in total. The molecule has 0 unspecified atom stereocenters. The van der Waals surface area contributed by atoms with Crippen molar-refractivity contribution in [1.29, 1.82) is 0 Å². The van der Waals surface area contributed by atoms with Crippen molar-refractivity contribution in [3.05, 3.63) is 58.0 Å². The van der Waals surface area contributed by atoms with E-state index in [0.29, 0.717) is 18.8 Å². The third kappa shape index (κ3) is 3.45. The molecule has 0 saturated heterocycles. The molecule has 0 aliphatic heterocycles. The van der Waals surface area contributed by atoms with Crippen molar-refractivity contribution in [3.8, 4) is 0 Å². The van der Waals surface area contributed by atoms with Crippen LogP contribution in [0.15, 0.2) is 45.5 Å². The number of hydrogen-bond donors (Lipinski definition) is 1. The molecule has 2 rings (SSSR count). The minimum absolute atomic E-state index is 0.221. The summed E-state index contributed by atoms with van der Waals surface area (Å²) in [6.45, 7) is 1.16. The lowest BCUT2D eigenvalue weighted by Gasteiger charge is -2.16. The third-order valence-corrected chi connectivity index (χ3v) is 3.56. The fraction of sp³-hybridized carbons (Fsp3) is 0.214. The molecule has 0 amide bonds. The molecule has 0 aliphatic rings. The minimum Gasteiger partial charge on any atom is -0.478 e. The second kappa shape index (κ2) is 6.04. The Labute approximate surface area is 119 Å². The van der Waals surface area contributed by atoms with E-state index in [2.05, 4.69) is 15.9 Å². The highest BCUT2D eigenvalue weighted by atomic mass is 79.9. The molecule has 0 radical (unpaired) electrons. The summed E-state index contributed by atoms with van der Waals surface area (Å²) >= 11 is 3.50. The SMILES string of the molecule is CN(Cc1ccccc1Br)Cc1occc1C(=O)O. The molecular weight excluding hydrogens is 310 g/mol. The summed E-state index contributed by atoms with van der Waals surface area (Å²) in [6, 6.07) is 9.43. The van der Waals surface area contributed by atoms with Gasteiger partial charge in [-0.2, -0.15) is 0 Å². The summed E-state index contributed by atoms with van der Waals surface area (Å²) in [5, 5.41) is 9.02. The zero-order valence-electron chi connectivity index (χ0n) is 10.5. The second-order valence-corrected chi connectivity index (χ2v) is 5.18. The predicted octanol–water partition coefficient (Wildman–Crippen LogP) is 3.37. The van der Waals surface area contributed by atoms with Crippen LogP contribution in [0.2, 0.25) is 0 Å². The zero-order valence-corrected chi connectivity index (χ0v) is 12.1. The molecule has 0 bridgehead atoms. The van der Waals surface area contributed by atoms with Gasteiger partial charge in [-0.15, -0.1) is 0 Å². The summed E-state index contributed by atoms with van der Waals surface area (Å²) < 4.78 is 6.27. The van der Waals surface area contributed by atoms with Crippen LogP contribution >= 0.6 is 15.9 Å². The number of furan rings is 1. The van der Waals surface area contributed by atoms with Gasteiger partial charge in [-0.1, -0.05) is 34.1 Å². The maximum Gasteiger partial charge on any atom is 0.339 e. The summed E-state index contributed by atoms with van der Waals surface area (Å²) in [5.74, 6) is -0.486. The number of hydrogen-bond acceptors (Lipinski definition) is 3. The Morgan fingerprint density at radius 2 is 2.05 bits per heavy atom. The van der Waals surface area contributed by atoms with Crippen LogP contribution in [0.4, 0.5) is 0 Å². The fourth-order valence-electron chi connectivity index (χ4n) is 1.87. The van der Waals surface area contributed by atoms with Gasteiger partial charge in [0, 0.05) is 11.0 Å². The molecule has 1 heterocycles. The van der Waals surface area contributed by atoms with Crippen LogP contribution in [0, 0.1) is 0 Å². The van der Waals surface area contributed by atoms with E-state index < -0.39 is 5.97 Å². The van der Waals surface area contributed by atoms with E-state index in [4.69, 9.17) is 9.52 Å². The molecule has 0 fully saturated rings. The Morgan fingerprint density at radius 3 is 2.74 bits per heavy atom. The van der Waals surface area contributed by atoms with Gasteiger partial charge in [0.05, 0.1) is 12.8 Å². The van der Waals surface area contributed by atoms with Gasteiger partial charge in [-0.3, -0.25) is 4.90 Å². The number of carboxylic acid groups (broad SMARTS) is 1. The van der Waals surface area contributed by atoms with E-state index in [1.165, 1.54) is 12.3 Å². The highest BCUT2D eigenvalue weighted by Gasteiger charge is 2.15. The molecular formula is C14H14BrNO3. The Morgan fingerprint density at radius 1 is 1.32 bits per heavy atom. The van der Waals surface area contributed by atoms with Crippen LogP contribution in [-0.4, -0.2) is 23.0 Å². The molecule has 0 spiro atoms. The molecule has 19 heavy (non-hydrogen) atoms. The van der Waals surface area contributed by atoms with E-state index in [9.17, 15) is 4.79 Å². The highest BCUT2D eigenvalue weighted by molar-refractivity contribution is 9.10. The first kappa shape index (κ1) is 13.8. The van der Waals surface area contributed by atoms with Crippen molar-refractivity contribution in [2.24, 2.45) is 0 Å². The van der Waals surface area contributed by atoms with Crippen molar-refractivity contribution in [1.82, 2.24) is 4.90 Å². The Kier molecular flexibility index (Phi) is 4.39. The molecule has 0 atom stereocenters. The zero-order chi connectivity index (χ0) is 13.8. The first-order valence-electron chi connectivity index (χ1n) is 5.79. The van der Waals surface area contributed by atoms with Crippen LogP contribution in [0.25, 0.3) is 0 Å².